The van der Waals surface area contributed by atoms with Crippen LogP contribution in [0.2, 0.25) is 0 Å². The van der Waals surface area contributed by atoms with Crippen LogP contribution in [-0.4, -0.2) is 69.4 Å². The number of morpholine rings is 1. The lowest BCUT2D eigenvalue weighted by Gasteiger charge is -2.31. The van der Waals surface area contributed by atoms with Crippen LogP contribution in [0.4, 0.5) is 11.4 Å². The van der Waals surface area contributed by atoms with Gasteiger partial charge in [-0.1, -0.05) is 48.5 Å². The molecule has 1 heterocycles. The van der Waals surface area contributed by atoms with Gasteiger partial charge in [0.1, 0.15) is 0 Å². The Bertz CT molecular complexity index is 1210. The molecule has 0 aromatic heterocycles. The van der Waals surface area contributed by atoms with Gasteiger partial charge in [0.05, 0.1) is 25.9 Å². The minimum absolute atomic E-state index is 0.133. The Balaban J connectivity index is 1.46. The Morgan fingerprint density at radius 3 is 2.36 bits per heavy atom. The Morgan fingerprint density at radius 2 is 1.64 bits per heavy atom. The third-order valence-corrected chi connectivity index (χ3v) is 6.75. The van der Waals surface area contributed by atoms with Gasteiger partial charge in [-0.2, -0.15) is 0 Å². The highest BCUT2D eigenvalue weighted by atomic mass is 16.5. The summed E-state index contributed by atoms with van der Waals surface area (Å²) in [5.41, 5.74) is 4.69. The van der Waals surface area contributed by atoms with E-state index in [0.29, 0.717) is 63.1 Å². The molecule has 0 aliphatic carbocycles. The quantitative estimate of drug-likeness (QED) is 0.326. The second-order valence-corrected chi connectivity index (χ2v) is 9.48. The van der Waals surface area contributed by atoms with Gasteiger partial charge in [-0.3, -0.25) is 14.5 Å². The molecule has 1 atom stereocenters. The van der Waals surface area contributed by atoms with E-state index in [1.807, 2.05) is 67.6 Å². The van der Waals surface area contributed by atoms with E-state index in [1.165, 1.54) is 0 Å². The normalized spacial score (nSPS) is 14.5. The molecule has 39 heavy (non-hydrogen) atoms. The van der Waals surface area contributed by atoms with Crippen molar-refractivity contribution in [2.24, 2.45) is 0 Å². The smallest absolute Gasteiger partial charge is 0.255 e. The SMILES string of the molecule is COCCCOCc1ccc(C(=O)Nc2ccc(-c3ccccc3)cc2)cc1NC(=O)[C@H](C)N1CCOCC1. The van der Waals surface area contributed by atoms with E-state index >= 15 is 0 Å². The monoisotopic (exact) mass is 531 g/mol. The number of anilines is 2. The van der Waals surface area contributed by atoms with E-state index in [1.54, 1.807) is 19.2 Å². The lowest BCUT2D eigenvalue weighted by atomic mass is 10.1. The molecule has 0 radical (unpaired) electrons. The molecule has 3 aromatic carbocycles. The van der Waals surface area contributed by atoms with Crippen molar-refractivity contribution in [3.63, 3.8) is 0 Å². The first-order chi connectivity index (χ1) is 19.0. The van der Waals surface area contributed by atoms with Gasteiger partial charge in [-0.05, 0) is 48.7 Å². The molecule has 3 aromatic rings. The largest absolute Gasteiger partial charge is 0.385 e. The highest BCUT2D eigenvalue weighted by Gasteiger charge is 2.24. The summed E-state index contributed by atoms with van der Waals surface area (Å²) in [5.74, 6) is -0.390. The van der Waals surface area contributed by atoms with E-state index in [4.69, 9.17) is 14.2 Å². The molecule has 1 aliphatic heterocycles. The summed E-state index contributed by atoms with van der Waals surface area (Å²) in [5, 5.41) is 6.00. The molecule has 2 amide bonds. The third kappa shape index (κ3) is 8.21. The molecule has 8 heteroatoms. The van der Waals surface area contributed by atoms with Crippen LogP contribution >= 0.6 is 0 Å². The van der Waals surface area contributed by atoms with Crippen LogP contribution in [0.3, 0.4) is 0 Å². The molecule has 4 rings (SSSR count). The maximum atomic E-state index is 13.1. The number of nitrogens with zero attached hydrogens (tertiary/aromatic N) is 1. The summed E-state index contributed by atoms with van der Waals surface area (Å²) in [6.45, 7) is 5.98. The van der Waals surface area contributed by atoms with Gasteiger partial charge < -0.3 is 24.8 Å². The van der Waals surface area contributed by atoms with Crippen molar-refractivity contribution in [1.82, 2.24) is 4.90 Å². The number of nitrogens with one attached hydrogen (secondary N) is 2. The molecule has 1 saturated heterocycles. The van der Waals surface area contributed by atoms with E-state index in [2.05, 4.69) is 15.5 Å². The van der Waals surface area contributed by atoms with Crippen molar-refractivity contribution in [3.8, 4) is 11.1 Å². The average Bonchev–Trinajstić information content (AvgIpc) is 2.98. The van der Waals surface area contributed by atoms with Crippen LogP contribution in [-0.2, 0) is 25.6 Å². The number of hydrogen-bond acceptors (Lipinski definition) is 6. The zero-order valence-corrected chi connectivity index (χ0v) is 22.7. The van der Waals surface area contributed by atoms with E-state index < -0.39 is 0 Å². The van der Waals surface area contributed by atoms with Crippen molar-refractivity contribution in [2.45, 2.75) is 26.0 Å². The van der Waals surface area contributed by atoms with Crippen molar-refractivity contribution in [3.05, 3.63) is 83.9 Å². The predicted molar refractivity (Wildman–Crippen MR) is 153 cm³/mol. The molecule has 0 spiro atoms. The summed E-state index contributed by atoms with van der Waals surface area (Å²) in [4.78, 5) is 28.4. The van der Waals surface area contributed by atoms with Gasteiger partial charge in [-0.15, -0.1) is 0 Å². The molecule has 206 valence electrons. The number of amides is 2. The summed E-state index contributed by atoms with van der Waals surface area (Å²) < 4.78 is 16.3. The Morgan fingerprint density at radius 1 is 0.923 bits per heavy atom. The molecule has 8 nitrogen and oxygen atoms in total. The summed E-state index contributed by atoms with van der Waals surface area (Å²) in [6.07, 6.45) is 0.774. The lowest BCUT2D eigenvalue weighted by molar-refractivity contribution is -0.122. The second-order valence-electron chi connectivity index (χ2n) is 9.48. The van der Waals surface area contributed by atoms with Crippen molar-refractivity contribution >= 4 is 23.2 Å². The fraction of sp³-hybridized carbons (Fsp3) is 0.355. The van der Waals surface area contributed by atoms with Gasteiger partial charge in [0, 0.05) is 55.9 Å². The second kappa shape index (κ2) is 14.6. The van der Waals surface area contributed by atoms with Crippen LogP contribution < -0.4 is 10.6 Å². The molecule has 1 aliphatic rings. The average molecular weight is 532 g/mol. The highest BCUT2D eigenvalue weighted by molar-refractivity contribution is 6.06. The topological polar surface area (TPSA) is 89.1 Å². The first-order valence-electron chi connectivity index (χ1n) is 13.3. The van der Waals surface area contributed by atoms with E-state index in [-0.39, 0.29) is 17.9 Å². The van der Waals surface area contributed by atoms with Crippen LogP contribution in [0.25, 0.3) is 11.1 Å². The molecule has 1 fully saturated rings. The molecular weight excluding hydrogens is 494 g/mol. The molecular formula is C31H37N3O5. The van der Waals surface area contributed by atoms with Crippen LogP contribution in [0.1, 0.15) is 29.3 Å². The van der Waals surface area contributed by atoms with Gasteiger partial charge in [-0.25, -0.2) is 0 Å². The molecule has 2 N–H and O–H groups in total. The Labute approximate surface area is 230 Å². The van der Waals surface area contributed by atoms with Crippen molar-refractivity contribution in [1.29, 1.82) is 0 Å². The number of carbonyl (C=O) groups excluding carboxylic acids is 2. The maximum Gasteiger partial charge on any atom is 0.255 e. The van der Waals surface area contributed by atoms with Gasteiger partial charge >= 0.3 is 0 Å². The van der Waals surface area contributed by atoms with Crippen molar-refractivity contribution < 1.29 is 23.8 Å². The molecule has 0 saturated carbocycles. The minimum atomic E-state index is -0.329. The number of carbonyl (C=O) groups is 2. The molecule has 0 bridgehead atoms. The van der Waals surface area contributed by atoms with Crippen molar-refractivity contribution in [2.75, 3.05) is 57.3 Å². The van der Waals surface area contributed by atoms with E-state index in [9.17, 15) is 9.59 Å². The summed E-state index contributed by atoms with van der Waals surface area (Å²) in [7, 11) is 1.66. The lowest BCUT2D eigenvalue weighted by Crippen LogP contribution is -2.47. The Kier molecular flexibility index (Phi) is 10.6. The van der Waals surface area contributed by atoms with Gasteiger partial charge in [0.2, 0.25) is 5.91 Å². The first-order valence-corrected chi connectivity index (χ1v) is 13.3. The predicted octanol–water partition coefficient (Wildman–Crippen LogP) is 4.82. The Hall–Kier alpha value is -3.56. The zero-order chi connectivity index (χ0) is 27.5. The molecule has 0 unspecified atom stereocenters. The fourth-order valence-corrected chi connectivity index (χ4v) is 4.40. The minimum Gasteiger partial charge on any atom is -0.385 e. The number of methoxy groups -OCH3 is 1. The van der Waals surface area contributed by atoms with Crippen LogP contribution in [0.5, 0.6) is 0 Å². The number of hydrogen-bond donors (Lipinski definition) is 2. The summed E-state index contributed by atoms with van der Waals surface area (Å²) in [6, 6.07) is 22.8. The number of ether oxygens (including phenoxy) is 3. The number of rotatable bonds is 12. The van der Waals surface area contributed by atoms with Crippen LogP contribution in [0, 0.1) is 0 Å². The van der Waals surface area contributed by atoms with Gasteiger partial charge in [0.15, 0.2) is 0 Å². The van der Waals surface area contributed by atoms with E-state index in [0.717, 1.165) is 23.1 Å². The highest BCUT2D eigenvalue weighted by Crippen LogP contribution is 2.23. The van der Waals surface area contributed by atoms with Gasteiger partial charge in [0.25, 0.3) is 5.91 Å². The zero-order valence-electron chi connectivity index (χ0n) is 22.7. The third-order valence-electron chi connectivity index (χ3n) is 6.75. The van der Waals surface area contributed by atoms with Crippen LogP contribution in [0.15, 0.2) is 72.8 Å². The maximum absolute atomic E-state index is 13.1. The first kappa shape index (κ1) is 28.4. The number of benzene rings is 3. The standard InChI is InChI=1S/C31H37N3O5/c1-23(34-15-19-38-20-16-34)30(35)33-29-21-26(9-10-27(29)22-39-18-6-17-37-2)31(36)32-28-13-11-25(12-14-28)24-7-4-3-5-8-24/h3-5,7-14,21,23H,6,15-20,22H2,1-2H3,(H,32,36)(H,33,35)/t23-/m0/s1. The summed E-state index contributed by atoms with van der Waals surface area (Å²) >= 11 is 0. The fourth-order valence-electron chi connectivity index (χ4n) is 4.40.